The largest absolute Gasteiger partial charge is 0.475 e. The van der Waals surface area contributed by atoms with Gasteiger partial charge in [-0.2, -0.15) is 5.26 Å². The van der Waals surface area contributed by atoms with Crippen molar-refractivity contribution in [2.45, 2.75) is 6.42 Å². The number of pyridine rings is 1. The van der Waals surface area contributed by atoms with E-state index in [2.05, 4.69) is 4.98 Å². The van der Waals surface area contributed by atoms with Crippen molar-refractivity contribution in [2.75, 3.05) is 33.5 Å². The van der Waals surface area contributed by atoms with Crippen molar-refractivity contribution in [2.24, 2.45) is 0 Å². The maximum Gasteiger partial charge on any atom is 0.213 e. The smallest absolute Gasteiger partial charge is 0.213 e. The average Bonchev–Trinajstić information content (AvgIpc) is 2.38. The highest BCUT2D eigenvalue weighted by atomic mass is 16.5. The molecule has 0 spiro atoms. The third-order valence-electron chi connectivity index (χ3n) is 1.98. The van der Waals surface area contributed by atoms with E-state index in [0.29, 0.717) is 37.9 Å². The number of nitriles is 1. The van der Waals surface area contributed by atoms with Crippen LogP contribution in [0.3, 0.4) is 0 Å². The fourth-order valence-corrected chi connectivity index (χ4v) is 1.14. The van der Waals surface area contributed by atoms with Gasteiger partial charge in [0.05, 0.1) is 12.2 Å². The van der Waals surface area contributed by atoms with Gasteiger partial charge in [-0.25, -0.2) is 4.98 Å². The molecule has 5 nitrogen and oxygen atoms in total. The first-order chi connectivity index (χ1) is 8.36. The van der Waals surface area contributed by atoms with Gasteiger partial charge in [0.2, 0.25) is 5.88 Å². The van der Waals surface area contributed by atoms with Gasteiger partial charge in [0.1, 0.15) is 12.7 Å². The molecule has 1 rings (SSSR count). The Morgan fingerprint density at radius 1 is 1.24 bits per heavy atom. The van der Waals surface area contributed by atoms with Crippen LogP contribution in [0, 0.1) is 11.3 Å². The molecule has 1 heterocycles. The second-order valence-corrected chi connectivity index (χ2v) is 3.30. The normalized spacial score (nSPS) is 9.88. The molecule has 0 bridgehead atoms. The van der Waals surface area contributed by atoms with E-state index in [0.717, 1.165) is 6.42 Å². The van der Waals surface area contributed by atoms with Crippen molar-refractivity contribution in [3.8, 4) is 11.9 Å². The highest BCUT2D eigenvalue weighted by Gasteiger charge is 1.96. The van der Waals surface area contributed by atoms with Gasteiger partial charge in [0, 0.05) is 32.6 Å². The van der Waals surface area contributed by atoms with Gasteiger partial charge in [0.25, 0.3) is 0 Å². The number of hydrogen-bond acceptors (Lipinski definition) is 5. The number of nitrogens with zero attached hydrogens (tertiary/aromatic N) is 2. The maximum absolute atomic E-state index is 8.58. The third-order valence-corrected chi connectivity index (χ3v) is 1.98. The van der Waals surface area contributed by atoms with E-state index in [1.54, 1.807) is 19.2 Å². The second kappa shape index (κ2) is 8.50. The summed E-state index contributed by atoms with van der Waals surface area (Å²) in [6, 6.07) is 5.33. The predicted octanol–water partition coefficient (Wildman–Crippen LogP) is 1.39. The number of hydrogen-bond donors (Lipinski definition) is 0. The SMILES string of the molecule is COCCCOCCOc1ccc(C#N)cn1. The van der Waals surface area contributed by atoms with Crippen LogP contribution >= 0.6 is 0 Å². The lowest BCUT2D eigenvalue weighted by molar-refractivity contribution is 0.0795. The Hall–Kier alpha value is -1.64. The molecule has 1 aromatic rings. The summed E-state index contributed by atoms with van der Waals surface area (Å²) >= 11 is 0. The van der Waals surface area contributed by atoms with E-state index in [1.165, 1.54) is 6.20 Å². The molecule has 17 heavy (non-hydrogen) atoms. The van der Waals surface area contributed by atoms with E-state index >= 15 is 0 Å². The van der Waals surface area contributed by atoms with Crippen molar-refractivity contribution in [3.63, 3.8) is 0 Å². The molecule has 0 aliphatic carbocycles. The van der Waals surface area contributed by atoms with Crippen LogP contribution in [0.15, 0.2) is 18.3 Å². The van der Waals surface area contributed by atoms with Gasteiger partial charge >= 0.3 is 0 Å². The highest BCUT2D eigenvalue weighted by molar-refractivity contribution is 5.28. The Morgan fingerprint density at radius 2 is 2.12 bits per heavy atom. The summed E-state index contributed by atoms with van der Waals surface area (Å²) in [5, 5.41) is 8.58. The summed E-state index contributed by atoms with van der Waals surface area (Å²) in [5.74, 6) is 0.504. The van der Waals surface area contributed by atoms with Crippen molar-refractivity contribution in [1.29, 1.82) is 5.26 Å². The van der Waals surface area contributed by atoms with Crippen LogP contribution in [0.5, 0.6) is 5.88 Å². The predicted molar refractivity (Wildman–Crippen MR) is 61.8 cm³/mol. The van der Waals surface area contributed by atoms with Gasteiger partial charge in [-0.05, 0) is 12.5 Å². The van der Waals surface area contributed by atoms with Gasteiger partial charge in [-0.1, -0.05) is 0 Å². The Morgan fingerprint density at radius 3 is 2.76 bits per heavy atom. The average molecular weight is 236 g/mol. The lowest BCUT2D eigenvalue weighted by Gasteiger charge is -2.06. The van der Waals surface area contributed by atoms with Crippen LogP contribution in [0.25, 0.3) is 0 Å². The van der Waals surface area contributed by atoms with E-state index in [-0.39, 0.29) is 0 Å². The molecule has 0 saturated carbocycles. The summed E-state index contributed by atoms with van der Waals surface area (Å²) < 4.78 is 15.5. The fourth-order valence-electron chi connectivity index (χ4n) is 1.14. The molecule has 0 radical (unpaired) electrons. The second-order valence-electron chi connectivity index (χ2n) is 3.30. The number of rotatable bonds is 8. The lowest BCUT2D eigenvalue weighted by Crippen LogP contribution is -2.09. The van der Waals surface area contributed by atoms with E-state index in [1.807, 2.05) is 6.07 Å². The summed E-state index contributed by atoms with van der Waals surface area (Å²) in [4.78, 5) is 3.98. The third kappa shape index (κ3) is 5.85. The van der Waals surface area contributed by atoms with Gasteiger partial charge in [0.15, 0.2) is 0 Å². The molecule has 0 fully saturated rings. The van der Waals surface area contributed by atoms with Gasteiger partial charge in [-0.3, -0.25) is 0 Å². The molecule has 92 valence electrons. The molecule has 0 atom stereocenters. The first-order valence-electron chi connectivity index (χ1n) is 5.42. The zero-order valence-corrected chi connectivity index (χ0v) is 9.89. The zero-order chi connectivity index (χ0) is 12.3. The molecule has 0 aromatic carbocycles. The van der Waals surface area contributed by atoms with Crippen molar-refractivity contribution >= 4 is 0 Å². The van der Waals surface area contributed by atoms with Gasteiger partial charge in [-0.15, -0.1) is 0 Å². The maximum atomic E-state index is 8.58. The number of ether oxygens (including phenoxy) is 3. The molecule has 0 aliphatic rings. The molecule has 0 amide bonds. The van der Waals surface area contributed by atoms with Crippen LogP contribution in [-0.4, -0.2) is 38.5 Å². The fraction of sp³-hybridized carbons (Fsp3) is 0.500. The Bertz CT molecular complexity index is 346. The van der Waals surface area contributed by atoms with E-state index in [9.17, 15) is 0 Å². The Kier molecular flexibility index (Phi) is 6.72. The number of aromatic nitrogens is 1. The lowest BCUT2D eigenvalue weighted by atomic mass is 10.3. The van der Waals surface area contributed by atoms with Crippen molar-refractivity contribution in [3.05, 3.63) is 23.9 Å². The number of methoxy groups -OCH3 is 1. The van der Waals surface area contributed by atoms with Crippen LogP contribution in [0.1, 0.15) is 12.0 Å². The van der Waals surface area contributed by atoms with Gasteiger partial charge < -0.3 is 14.2 Å². The minimum atomic E-state index is 0.450. The first kappa shape index (κ1) is 13.4. The Balaban J connectivity index is 2.08. The summed E-state index contributed by atoms with van der Waals surface area (Å²) in [5.41, 5.74) is 0.521. The molecule has 1 aromatic heterocycles. The molecular formula is C12H16N2O3. The first-order valence-corrected chi connectivity index (χ1v) is 5.42. The van der Waals surface area contributed by atoms with Crippen molar-refractivity contribution < 1.29 is 14.2 Å². The minimum absolute atomic E-state index is 0.450. The van der Waals surface area contributed by atoms with Crippen LogP contribution < -0.4 is 4.74 Å². The van der Waals surface area contributed by atoms with E-state index in [4.69, 9.17) is 19.5 Å². The van der Waals surface area contributed by atoms with Crippen LogP contribution in [-0.2, 0) is 9.47 Å². The van der Waals surface area contributed by atoms with E-state index < -0.39 is 0 Å². The monoisotopic (exact) mass is 236 g/mol. The summed E-state index contributed by atoms with van der Waals surface area (Å²) in [6.45, 7) is 2.34. The molecule has 5 heteroatoms. The standard InChI is InChI=1S/C12H16N2O3/c1-15-5-2-6-16-7-8-17-12-4-3-11(9-13)10-14-12/h3-4,10H,2,5-8H2,1H3. The molecular weight excluding hydrogens is 220 g/mol. The molecule has 0 unspecified atom stereocenters. The quantitative estimate of drug-likeness (QED) is 0.638. The minimum Gasteiger partial charge on any atom is -0.475 e. The van der Waals surface area contributed by atoms with Crippen LogP contribution in [0.2, 0.25) is 0 Å². The van der Waals surface area contributed by atoms with Crippen LogP contribution in [0.4, 0.5) is 0 Å². The van der Waals surface area contributed by atoms with Crippen molar-refractivity contribution in [1.82, 2.24) is 4.98 Å². The molecule has 0 aliphatic heterocycles. The highest BCUT2D eigenvalue weighted by Crippen LogP contribution is 2.06. The Labute approximate surface area is 101 Å². The molecule has 0 saturated heterocycles. The molecule has 0 N–H and O–H groups in total. The summed E-state index contributed by atoms with van der Waals surface area (Å²) in [7, 11) is 1.67. The topological polar surface area (TPSA) is 64.4 Å². The summed E-state index contributed by atoms with van der Waals surface area (Å²) in [6.07, 6.45) is 2.36. The zero-order valence-electron chi connectivity index (χ0n) is 9.89.